The van der Waals surface area contributed by atoms with Gasteiger partial charge in [-0.1, -0.05) is 0 Å². The van der Waals surface area contributed by atoms with Gasteiger partial charge in [-0.15, -0.1) is 0 Å². The first kappa shape index (κ1) is 23.2. The maximum Gasteiger partial charge on any atom is 0.350 e. The zero-order valence-electron chi connectivity index (χ0n) is 18.3. The van der Waals surface area contributed by atoms with Gasteiger partial charge in [0.1, 0.15) is 22.9 Å². The Kier molecular flexibility index (Phi) is 6.75. The van der Waals surface area contributed by atoms with E-state index in [4.69, 9.17) is 18.9 Å². The number of carbonyl (C=O) groups excluding carboxylic acids is 2. The number of esters is 2. The molecule has 30 heavy (non-hydrogen) atoms. The van der Waals surface area contributed by atoms with Gasteiger partial charge in [-0.3, -0.25) is 0 Å². The number of hydrogen-bond acceptors (Lipinski definition) is 6. The Hall–Kier alpha value is -3.09. The molecule has 0 unspecified atom stereocenters. The third-order valence-electron chi connectivity index (χ3n) is 4.12. The molecule has 2 rings (SSSR count). The van der Waals surface area contributed by atoms with Crippen LogP contribution in [0.2, 0.25) is 0 Å². The van der Waals surface area contributed by atoms with Crippen molar-refractivity contribution >= 4 is 11.9 Å². The van der Waals surface area contributed by atoms with Gasteiger partial charge < -0.3 is 18.9 Å². The number of carbonyl (C=O) groups is 2. The summed E-state index contributed by atoms with van der Waals surface area (Å²) in [5.74, 6) is -1.13. The van der Waals surface area contributed by atoms with Gasteiger partial charge in [-0.25, -0.2) is 14.0 Å². The molecule has 0 spiro atoms. The van der Waals surface area contributed by atoms with E-state index in [-0.39, 0.29) is 16.9 Å². The van der Waals surface area contributed by atoms with E-state index in [1.165, 1.54) is 64.5 Å². The quantitative estimate of drug-likeness (QED) is 0.629. The normalized spacial score (nSPS) is 11.6. The molecule has 162 valence electrons. The molecule has 6 nitrogen and oxygen atoms in total. The van der Waals surface area contributed by atoms with E-state index in [1.54, 1.807) is 20.8 Å². The summed E-state index contributed by atoms with van der Waals surface area (Å²) in [6, 6.07) is 8.71. The second-order valence-electron chi connectivity index (χ2n) is 8.16. The van der Waals surface area contributed by atoms with E-state index >= 15 is 0 Å². The van der Waals surface area contributed by atoms with Crippen molar-refractivity contribution in [1.82, 2.24) is 0 Å². The van der Waals surface area contributed by atoms with Crippen molar-refractivity contribution < 1.29 is 32.9 Å². The molecule has 0 amide bonds. The Morgan fingerprint density at radius 1 is 0.900 bits per heavy atom. The second kappa shape index (κ2) is 8.73. The average Bonchev–Trinajstić information content (AvgIpc) is 2.66. The molecule has 0 bridgehead atoms. The Morgan fingerprint density at radius 2 is 1.57 bits per heavy atom. The summed E-state index contributed by atoms with van der Waals surface area (Å²) in [5.41, 5.74) is -1.39. The van der Waals surface area contributed by atoms with E-state index in [2.05, 4.69) is 0 Å². The van der Waals surface area contributed by atoms with Crippen LogP contribution in [0.5, 0.6) is 11.5 Å². The Morgan fingerprint density at radius 3 is 2.13 bits per heavy atom. The third kappa shape index (κ3) is 5.49. The van der Waals surface area contributed by atoms with Gasteiger partial charge in [0.25, 0.3) is 0 Å². The monoisotopic (exact) mass is 418 g/mol. The van der Waals surface area contributed by atoms with Crippen LogP contribution in [0.15, 0.2) is 36.4 Å². The molecular formula is C23H27FO6. The summed E-state index contributed by atoms with van der Waals surface area (Å²) in [6.07, 6.45) is 0. The molecule has 2 aromatic carbocycles. The largest absolute Gasteiger partial charge is 0.497 e. The molecule has 0 saturated carbocycles. The predicted octanol–water partition coefficient (Wildman–Crippen LogP) is 4.79. The lowest BCUT2D eigenvalue weighted by atomic mass is 10.0. The molecule has 0 radical (unpaired) electrons. The molecule has 0 aliphatic heterocycles. The van der Waals surface area contributed by atoms with Crippen molar-refractivity contribution in [2.75, 3.05) is 14.2 Å². The molecule has 2 aromatic rings. The maximum absolute atomic E-state index is 14.6. The second-order valence-corrected chi connectivity index (χ2v) is 8.16. The average molecular weight is 418 g/mol. The van der Waals surface area contributed by atoms with E-state index in [1.807, 2.05) is 0 Å². The molecule has 0 aliphatic carbocycles. The van der Waals surface area contributed by atoms with E-state index in [0.29, 0.717) is 11.3 Å². The van der Waals surface area contributed by atoms with Gasteiger partial charge >= 0.3 is 11.9 Å². The molecular weight excluding hydrogens is 391 g/mol. The summed E-state index contributed by atoms with van der Waals surface area (Å²) in [7, 11) is 2.73. The van der Waals surface area contributed by atoms with E-state index in [0.717, 1.165) is 0 Å². The predicted molar refractivity (Wildman–Crippen MR) is 110 cm³/mol. The highest BCUT2D eigenvalue weighted by Gasteiger charge is 2.36. The number of methoxy groups -OCH3 is 2. The van der Waals surface area contributed by atoms with E-state index < -0.39 is 29.0 Å². The Balaban J connectivity index is 2.58. The van der Waals surface area contributed by atoms with Crippen LogP contribution in [0.1, 0.15) is 45.0 Å². The maximum atomic E-state index is 14.6. The molecule has 0 N–H and O–H groups in total. The lowest BCUT2D eigenvalue weighted by Gasteiger charge is -2.30. The summed E-state index contributed by atoms with van der Waals surface area (Å²) in [6.45, 7) is 8.32. The first-order valence-electron chi connectivity index (χ1n) is 9.36. The standard InChI is InChI=1S/C23H27FO6/c1-22(2,3)30-21(26)23(4,5)29-19-12-14(20(25)28-7)8-10-16(19)17-13-15(27-6)9-11-18(17)24/h8-13H,1-7H3. The van der Waals surface area contributed by atoms with Crippen LogP contribution >= 0.6 is 0 Å². The number of ether oxygens (including phenoxy) is 4. The highest BCUT2D eigenvalue weighted by atomic mass is 19.1. The molecule has 0 saturated heterocycles. The molecule has 0 atom stereocenters. The summed E-state index contributed by atoms with van der Waals surface area (Å²) in [5, 5.41) is 0. The van der Waals surface area contributed by atoms with Crippen molar-refractivity contribution in [2.45, 2.75) is 45.8 Å². The highest BCUT2D eigenvalue weighted by Crippen LogP contribution is 2.37. The van der Waals surface area contributed by atoms with Gasteiger partial charge in [0.2, 0.25) is 0 Å². The fraction of sp³-hybridized carbons (Fsp3) is 0.391. The van der Waals surface area contributed by atoms with Crippen LogP contribution in [0, 0.1) is 5.82 Å². The van der Waals surface area contributed by atoms with Crippen LogP contribution in [-0.4, -0.2) is 37.4 Å². The van der Waals surface area contributed by atoms with Gasteiger partial charge in [0.05, 0.1) is 19.8 Å². The van der Waals surface area contributed by atoms with Gasteiger partial charge in [-0.2, -0.15) is 0 Å². The van der Waals surface area contributed by atoms with Crippen LogP contribution in [0.25, 0.3) is 11.1 Å². The van der Waals surface area contributed by atoms with Gasteiger partial charge in [0.15, 0.2) is 5.60 Å². The molecule has 0 fully saturated rings. The first-order valence-corrected chi connectivity index (χ1v) is 9.36. The smallest absolute Gasteiger partial charge is 0.350 e. The lowest BCUT2D eigenvalue weighted by molar-refractivity contribution is -0.170. The highest BCUT2D eigenvalue weighted by molar-refractivity contribution is 5.91. The minimum Gasteiger partial charge on any atom is -0.497 e. The third-order valence-corrected chi connectivity index (χ3v) is 4.12. The zero-order chi connectivity index (χ0) is 22.7. The topological polar surface area (TPSA) is 71.1 Å². The summed E-state index contributed by atoms with van der Waals surface area (Å²) < 4.78 is 36.0. The lowest BCUT2D eigenvalue weighted by Crippen LogP contribution is -2.43. The minimum absolute atomic E-state index is 0.126. The number of rotatable bonds is 6. The van der Waals surface area contributed by atoms with Gasteiger partial charge in [-0.05, 0) is 71.0 Å². The van der Waals surface area contributed by atoms with Crippen LogP contribution < -0.4 is 9.47 Å². The van der Waals surface area contributed by atoms with Crippen molar-refractivity contribution in [2.24, 2.45) is 0 Å². The minimum atomic E-state index is -1.41. The van der Waals surface area contributed by atoms with Crippen LogP contribution in [0.4, 0.5) is 4.39 Å². The van der Waals surface area contributed by atoms with E-state index in [9.17, 15) is 14.0 Å². The first-order chi connectivity index (χ1) is 13.9. The molecule has 0 aliphatic rings. The van der Waals surface area contributed by atoms with Gasteiger partial charge in [0, 0.05) is 11.1 Å². The fourth-order valence-corrected chi connectivity index (χ4v) is 2.63. The van der Waals surface area contributed by atoms with Crippen molar-refractivity contribution in [3.05, 3.63) is 47.8 Å². The summed E-state index contributed by atoms with van der Waals surface area (Å²) >= 11 is 0. The molecule has 7 heteroatoms. The Labute approximate surface area is 175 Å². The molecule has 0 heterocycles. The zero-order valence-corrected chi connectivity index (χ0v) is 18.3. The number of benzene rings is 2. The fourth-order valence-electron chi connectivity index (χ4n) is 2.63. The van der Waals surface area contributed by atoms with Crippen molar-refractivity contribution in [1.29, 1.82) is 0 Å². The van der Waals surface area contributed by atoms with Crippen LogP contribution in [-0.2, 0) is 14.3 Å². The van der Waals surface area contributed by atoms with Crippen LogP contribution in [0.3, 0.4) is 0 Å². The summed E-state index contributed by atoms with van der Waals surface area (Å²) in [4.78, 5) is 24.6. The Bertz CT molecular complexity index is 943. The molecule has 0 aromatic heterocycles. The van der Waals surface area contributed by atoms with Crippen molar-refractivity contribution in [3.63, 3.8) is 0 Å². The number of halogens is 1. The SMILES string of the molecule is COC(=O)c1ccc(-c2cc(OC)ccc2F)c(OC(C)(C)C(=O)OC(C)(C)C)c1. The van der Waals surface area contributed by atoms with Crippen molar-refractivity contribution in [3.8, 4) is 22.6 Å². The number of hydrogen-bond donors (Lipinski definition) is 0.